The molecule has 1 aromatic heterocycles. The number of hydrogen-bond acceptors (Lipinski definition) is 7. The van der Waals surface area contributed by atoms with Gasteiger partial charge in [-0.15, -0.1) is 0 Å². The lowest BCUT2D eigenvalue weighted by molar-refractivity contribution is 0.0628. The number of carbonyl (C=O) groups excluding carboxylic acids is 2. The van der Waals surface area contributed by atoms with Crippen LogP contribution >= 0.6 is 0 Å². The number of aromatic nitrogens is 1. The standard InChI is InChI=1S/C24H22N2O6/c1-29-18-7-4-15(5-8-18)23(27)17-3-2-10-26(13-17)24(28)19-12-21(32-25-19)16-6-9-20-22(11-16)31-14-30-20/h4-9,11-12,17H,2-3,10,13-14H2,1H3/t17-/m0/s1. The number of Topliss-reactive ketones (excluding diaryl/α,β-unsaturated/α-hetero) is 1. The van der Waals surface area contributed by atoms with Crippen molar-refractivity contribution >= 4 is 11.7 Å². The van der Waals surface area contributed by atoms with Gasteiger partial charge in [-0.1, -0.05) is 5.16 Å². The summed E-state index contributed by atoms with van der Waals surface area (Å²) in [5.41, 5.74) is 1.58. The number of likely N-dealkylation sites (tertiary alicyclic amines) is 1. The molecular formula is C24H22N2O6. The molecule has 1 atom stereocenters. The maximum Gasteiger partial charge on any atom is 0.276 e. The molecule has 0 radical (unpaired) electrons. The third-order valence-corrected chi connectivity index (χ3v) is 5.84. The zero-order valence-electron chi connectivity index (χ0n) is 17.6. The third-order valence-electron chi connectivity index (χ3n) is 5.84. The maximum absolute atomic E-state index is 13.1. The topological polar surface area (TPSA) is 91.1 Å². The second kappa shape index (κ2) is 8.37. The minimum atomic E-state index is -0.249. The van der Waals surface area contributed by atoms with Crippen LogP contribution in [-0.2, 0) is 0 Å². The molecular weight excluding hydrogens is 412 g/mol. The summed E-state index contributed by atoms with van der Waals surface area (Å²) in [5, 5.41) is 3.97. The van der Waals surface area contributed by atoms with Gasteiger partial charge in [-0.2, -0.15) is 0 Å². The minimum absolute atomic E-state index is 0.0337. The van der Waals surface area contributed by atoms with E-state index in [4.69, 9.17) is 18.7 Å². The first kappa shape index (κ1) is 20.1. The number of piperidine rings is 1. The van der Waals surface area contributed by atoms with Gasteiger partial charge < -0.3 is 23.6 Å². The predicted octanol–water partition coefficient (Wildman–Crippen LogP) is 3.81. The summed E-state index contributed by atoms with van der Waals surface area (Å²) in [7, 11) is 1.59. The zero-order chi connectivity index (χ0) is 22.1. The summed E-state index contributed by atoms with van der Waals surface area (Å²) in [6.45, 7) is 1.12. The highest BCUT2D eigenvalue weighted by Gasteiger charge is 2.31. The SMILES string of the molecule is COc1ccc(C(=O)[C@H]2CCCN(C(=O)c3cc(-c4ccc5c(c4)OCO5)on3)C2)cc1. The van der Waals surface area contributed by atoms with Gasteiger partial charge in [0.2, 0.25) is 6.79 Å². The summed E-state index contributed by atoms with van der Waals surface area (Å²) in [6.07, 6.45) is 1.50. The van der Waals surface area contributed by atoms with Crippen LogP contribution in [0.5, 0.6) is 17.2 Å². The Morgan fingerprint density at radius 1 is 1.06 bits per heavy atom. The summed E-state index contributed by atoms with van der Waals surface area (Å²) in [5.74, 6) is 2.01. The van der Waals surface area contributed by atoms with Crippen LogP contribution in [0.1, 0.15) is 33.7 Å². The average Bonchev–Trinajstić information content (AvgIpc) is 3.52. The van der Waals surface area contributed by atoms with E-state index in [2.05, 4.69) is 5.16 Å². The molecule has 1 amide bonds. The fourth-order valence-electron chi connectivity index (χ4n) is 4.09. The molecule has 2 aliphatic heterocycles. The molecule has 3 heterocycles. The van der Waals surface area contributed by atoms with E-state index < -0.39 is 0 Å². The van der Waals surface area contributed by atoms with Gasteiger partial charge in [-0.05, 0) is 55.3 Å². The molecule has 2 aromatic carbocycles. The van der Waals surface area contributed by atoms with Gasteiger partial charge in [-0.25, -0.2) is 0 Å². The highest BCUT2D eigenvalue weighted by Crippen LogP contribution is 2.36. The molecule has 0 spiro atoms. The fourth-order valence-corrected chi connectivity index (χ4v) is 4.09. The van der Waals surface area contributed by atoms with Crippen molar-refractivity contribution in [1.82, 2.24) is 10.1 Å². The number of ketones is 1. The van der Waals surface area contributed by atoms with Crippen molar-refractivity contribution in [2.45, 2.75) is 12.8 Å². The number of rotatable bonds is 5. The van der Waals surface area contributed by atoms with E-state index in [9.17, 15) is 9.59 Å². The highest BCUT2D eigenvalue weighted by molar-refractivity contribution is 5.99. The summed E-state index contributed by atoms with van der Waals surface area (Å²) < 4.78 is 21.3. The lowest BCUT2D eigenvalue weighted by Crippen LogP contribution is -2.42. The Morgan fingerprint density at radius 3 is 2.69 bits per heavy atom. The van der Waals surface area contributed by atoms with Gasteiger partial charge in [0.05, 0.1) is 7.11 Å². The molecule has 2 aliphatic rings. The maximum atomic E-state index is 13.1. The van der Waals surface area contributed by atoms with E-state index >= 15 is 0 Å². The van der Waals surface area contributed by atoms with E-state index in [0.717, 1.165) is 18.4 Å². The monoisotopic (exact) mass is 434 g/mol. The molecule has 1 saturated heterocycles. The predicted molar refractivity (Wildman–Crippen MR) is 114 cm³/mol. The van der Waals surface area contributed by atoms with E-state index in [1.165, 1.54) is 0 Å². The summed E-state index contributed by atoms with van der Waals surface area (Å²) >= 11 is 0. The van der Waals surface area contributed by atoms with Crippen molar-refractivity contribution in [1.29, 1.82) is 0 Å². The Hall–Kier alpha value is -3.81. The molecule has 0 saturated carbocycles. The molecule has 3 aromatic rings. The van der Waals surface area contributed by atoms with E-state index in [1.54, 1.807) is 54.5 Å². The average molecular weight is 434 g/mol. The van der Waals surface area contributed by atoms with Gasteiger partial charge in [0.15, 0.2) is 28.7 Å². The van der Waals surface area contributed by atoms with Gasteiger partial charge in [-0.3, -0.25) is 9.59 Å². The van der Waals surface area contributed by atoms with E-state index in [0.29, 0.717) is 41.7 Å². The lowest BCUT2D eigenvalue weighted by atomic mass is 9.90. The van der Waals surface area contributed by atoms with Crippen LogP contribution in [0.3, 0.4) is 0 Å². The summed E-state index contributed by atoms with van der Waals surface area (Å²) in [4.78, 5) is 27.7. The molecule has 32 heavy (non-hydrogen) atoms. The van der Waals surface area contributed by atoms with Crippen molar-refractivity contribution in [2.75, 3.05) is 27.0 Å². The van der Waals surface area contributed by atoms with Crippen LogP contribution in [-0.4, -0.2) is 48.7 Å². The number of carbonyl (C=O) groups is 2. The Morgan fingerprint density at radius 2 is 1.88 bits per heavy atom. The smallest absolute Gasteiger partial charge is 0.276 e. The third kappa shape index (κ3) is 3.79. The van der Waals surface area contributed by atoms with Crippen LogP contribution in [0.25, 0.3) is 11.3 Å². The second-order valence-electron chi connectivity index (χ2n) is 7.83. The fraction of sp³-hybridized carbons (Fsp3) is 0.292. The number of amides is 1. The number of hydrogen-bond donors (Lipinski definition) is 0. The largest absolute Gasteiger partial charge is 0.497 e. The van der Waals surface area contributed by atoms with Crippen LogP contribution in [0, 0.1) is 5.92 Å². The first-order chi connectivity index (χ1) is 15.6. The minimum Gasteiger partial charge on any atom is -0.497 e. The first-order valence-corrected chi connectivity index (χ1v) is 10.5. The Bertz CT molecular complexity index is 1150. The Kier molecular flexibility index (Phi) is 5.26. The van der Waals surface area contributed by atoms with Gasteiger partial charge >= 0.3 is 0 Å². The highest BCUT2D eigenvalue weighted by atomic mass is 16.7. The van der Waals surface area contributed by atoms with Crippen molar-refractivity contribution < 1.29 is 28.3 Å². The molecule has 8 nitrogen and oxygen atoms in total. The molecule has 0 aliphatic carbocycles. The lowest BCUT2D eigenvalue weighted by Gasteiger charge is -2.31. The van der Waals surface area contributed by atoms with Crippen molar-refractivity contribution in [2.24, 2.45) is 5.92 Å². The zero-order valence-corrected chi connectivity index (χ0v) is 17.6. The molecule has 5 rings (SSSR count). The van der Waals surface area contributed by atoms with Crippen molar-refractivity contribution in [3.63, 3.8) is 0 Å². The van der Waals surface area contributed by atoms with Gasteiger partial charge in [0.25, 0.3) is 5.91 Å². The number of methoxy groups -OCH3 is 1. The molecule has 0 unspecified atom stereocenters. The summed E-state index contributed by atoms with van der Waals surface area (Å²) in [6, 6.07) is 14.1. The van der Waals surface area contributed by atoms with E-state index in [-0.39, 0.29) is 30.1 Å². The Balaban J connectivity index is 1.28. The van der Waals surface area contributed by atoms with Crippen LogP contribution in [0.15, 0.2) is 53.1 Å². The van der Waals surface area contributed by atoms with Crippen molar-refractivity contribution in [3.05, 3.63) is 59.8 Å². The van der Waals surface area contributed by atoms with Gasteiger partial charge in [0.1, 0.15) is 5.75 Å². The first-order valence-electron chi connectivity index (χ1n) is 10.5. The number of nitrogens with zero attached hydrogens (tertiary/aromatic N) is 2. The molecule has 0 bridgehead atoms. The number of ether oxygens (including phenoxy) is 3. The second-order valence-corrected chi connectivity index (χ2v) is 7.83. The number of fused-ring (bicyclic) bond motifs is 1. The molecule has 0 N–H and O–H groups in total. The van der Waals surface area contributed by atoms with Crippen LogP contribution < -0.4 is 14.2 Å². The molecule has 1 fully saturated rings. The normalized spacial score (nSPS) is 17.3. The Labute approximate surface area is 184 Å². The van der Waals surface area contributed by atoms with Crippen molar-refractivity contribution in [3.8, 4) is 28.6 Å². The van der Waals surface area contributed by atoms with Gasteiger partial charge in [0, 0.05) is 36.2 Å². The van der Waals surface area contributed by atoms with Crippen LogP contribution in [0.4, 0.5) is 0 Å². The molecule has 164 valence electrons. The van der Waals surface area contributed by atoms with Crippen LogP contribution in [0.2, 0.25) is 0 Å². The quantitative estimate of drug-likeness (QED) is 0.564. The molecule has 8 heteroatoms. The number of benzene rings is 2. The van der Waals surface area contributed by atoms with E-state index in [1.807, 2.05) is 6.07 Å².